The number of benzene rings is 1. The van der Waals surface area contributed by atoms with E-state index in [1.807, 2.05) is 18.2 Å². The van der Waals surface area contributed by atoms with Crippen molar-refractivity contribution in [2.45, 2.75) is 32.2 Å². The molecular formula is C16H20N4S. The Morgan fingerprint density at radius 2 is 2.14 bits per heavy atom. The summed E-state index contributed by atoms with van der Waals surface area (Å²) in [6.07, 6.45) is 3.46. The molecule has 5 heteroatoms. The number of aromatic nitrogens is 2. The number of nitriles is 1. The molecule has 0 amide bonds. The summed E-state index contributed by atoms with van der Waals surface area (Å²) >= 11 is 5.50. The van der Waals surface area contributed by atoms with Crippen LogP contribution in [-0.2, 0) is 0 Å². The third-order valence-corrected chi connectivity index (χ3v) is 4.61. The zero-order chi connectivity index (χ0) is 14.8. The quantitative estimate of drug-likeness (QED) is 0.881. The Morgan fingerprint density at radius 1 is 1.38 bits per heavy atom. The van der Waals surface area contributed by atoms with Gasteiger partial charge in [-0.2, -0.15) is 5.26 Å². The molecule has 4 nitrogen and oxygen atoms in total. The molecule has 0 atom stereocenters. The highest BCUT2D eigenvalue weighted by Crippen LogP contribution is 2.28. The Morgan fingerprint density at radius 3 is 2.81 bits per heavy atom. The molecule has 1 aromatic heterocycles. The van der Waals surface area contributed by atoms with Gasteiger partial charge in [-0.05, 0) is 56.2 Å². The molecule has 21 heavy (non-hydrogen) atoms. The summed E-state index contributed by atoms with van der Waals surface area (Å²) in [6, 6.07) is 8.38. The molecule has 2 heterocycles. The number of fused-ring (bicyclic) bond motifs is 1. The van der Waals surface area contributed by atoms with E-state index in [9.17, 15) is 0 Å². The Kier molecular flexibility index (Phi) is 4.09. The van der Waals surface area contributed by atoms with E-state index in [-0.39, 0.29) is 0 Å². The first kappa shape index (κ1) is 14.3. The largest absolute Gasteiger partial charge is 0.331 e. The number of piperidine rings is 1. The molecule has 2 aromatic rings. The van der Waals surface area contributed by atoms with Gasteiger partial charge in [0.2, 0.25) is 0 Å². The van der Waals surface area contributed by atoms with E-state index >= 15 is 0 Å². The lowest BCUT2D eigenvalue weighted by Crippen LogP contribution is -2.35. The zero-order valence-electron chi connectivity index (χ0n) is 12.3. The average molecular weight is 300 g/mol. The second kappa shape index (κ2) is 6.00. The number of hydrogen-bond acceptors (Lipinski definition) is 3. The van der Waals surface area contributed by atoms with E-state index in [0.717, 1.165) is 41.7 Å². The normalized spacial score (nSPS) is 17.1. The molecule has 1 aliphatic rings. The van der Waals surface area contributed by atoms with Gasteiger partial charge >= 0.3 is 0 Å². The van der Waals surface area contributed by atoms with Gasteiger partial charge in [0.05, 0.1) is 22.7 Å². The molecular weight excluding hydrogens is 280 g/mol. The first-order chi connectivity index (χ1) is 10.2. The Labute approximate surface area is 130 Å². The van der Waals surface area contributed by atoms with Crippen LogP contribution in [0.3, 0.4) is 0 Å². The first-order valence-corrected chi connectivity index (χ1v) is 8.00. The Hall–Kier alpha value is -1.64. The van der Waals surface area contributed by atoms with Gasteiger partial charge in [0.1, 0.15) is 0 Å². The van der Waals surface area contributed by atoms with Crippen LogP contribution in [0.2, 0.25) is 0 Å². The van der Waals surface area contributed by atoms with Crippen molar-refractivity contribution in [1.82, 2.24) is 14.5 Å². The minimum Gasteiger partial charge on any atom is -0.331 e. The average Bonchev–Trinajstić information content (AvgIpc) is 2.83. The predicted molar refractivity (Wildman–Crippen MR) is 86.8 cm³/mol. The first-order valence-electron chi connectivity index (χ1n) is 7.59. The second-order valence-electron chi connectivity index (χ2n) is 5.72. The predicted octanol–water partition coefficient (Wildman–Crippen LogP) is 3.62. The van der Waals surface area contributed by atoms with E-state index in [1.165, 1.54) is 13.0 Å². The molecule has 0 spiro atoms. The van der Waals surface area contributed by atoms with Gasteiger partial charge in [0, 0.05) is 19.1 Å². The second-order valence-corrected chi connectivity index (χ2v) is 6.10. The van der Waals surface area contributed by atoms with Crippen LogP contribution in [0, 0.1) is 16.1 Å². The summed E-state index contributed by atoms with van der Waals surface area (Å²) in [5.41, 5.74) is 2.77. The van der Waals surface area contributed by atoms with Crippen molar-refractivity contribution in [2.75, 3.05) is 19.6 Å². The van der Waals surface area contributed by atoms with Gasteiger partial charge < -0.3 is 14.5 Å². The van der Waals surface area contributed by atoms with Gasteiger partial charge in [-0.1, -0.05) is 6.92 Å². The van der Waals surface area contributed by atoms with Crippen LogP contribution in [-0.4, -0.2) is 34.1 Å². The van der Waals surface area contributed by atoms with E-state index in [1.54, 1.807) is 0 Å². The van der Waals surface area contributed by atoms with Crippen molar-refractivity contribution in [1.29, 1.82) is 5.26 Å². The van der Waals surface area contributed by atoms with Crippen molar-refractivity contribution < 1.29 is 0 Å². The van der Waals surface area contributed by atoms with Crippen LogP contribution in [0.4, 0.5) is 0 Å². The fraction of sp³-hybridized carbons (Fsp3) is 0.500. The monoisotopic (exact) mass is 300 g/mol. The summed E-state index contributed by atoms with van der Waals surface area (Å²) in [5, 5.41) is 9.10. The standard InChI is InChI=1S/C16H20N4S/c1-2-7-19-8-5-13(6-9-19)20-15-10-12(11-17)3-4-14(15)18-16(20)21/h3-4,10,13H,2,5-9H2,1H3,(H,18,21). The SMILES string of the molecule is CCCN1CCC(n2c(=S)[nH]c3ccc(C#N)cc32)CC1. The molecule has 110 valence electrons. The van der Waals surface area contributed by atoms with Crippen molar-refractivity contribution in [2.24, 2.45) is 0 Å². The lowest BCUT2D eigenvalue weighted by molar-refractivity contribution is 0.188. The third kappa shape index (κ3) is 2.74. The van der Waals surface area contributed by atoms with Gasteiger partial charge in [-0.25, -0.2) is 0 Å². The maximum Gasteiger partial charge on any atom is 0.178 e. The minimum atomic E-state index is 0.438. The van der Waals surface area contributed by atoms with Crippen molar-refractivity contribution in [3.8, 4) is 6.07 Å². The van der Waals surface area contributed by atoms with Crippen LogP contribution in [0.15, 0.2) is 18.2 Å². The highest BCUT2D eigenvalue weighted by Gasteiger charge is 2.22. The number of nitrogens with zero attached hydrogens (tertiary/aromatic N) is 3. The number of imidazole rings is 1. The lowest BCUT2D eigenvalue weighted by Gasteiger charge is -2.32. The number of likely N-dealkylation sites (tertiary alicyclic amines) is 1. The van der Waals surface area contributed by atoms with E-state index in [2.05, 4.69) is 27.4 Å². The molecule has 1 aromatic carbocycles. The van der Waals surface area contributed by atoms with E-state index < -0.39 is 0 Å². The van der Waals surface area contributed by atoms with Crippen LogP contribution in [0.25, 0.3) is 11.0 Å². The highest BCUT2D eigenvalue weighted by atomic mass is 32.1. The maximum absolute atomic E-state index is 9.10. The Balaban J connectivity index is 1.92. The van der Waals surface area contributed by atoms with Gasteiger partial charge in [-0.15, -0.1) is 0 Å². The van der Waals surface area contributed by atoms with Crippen LogP contribution >= 0.6 is 12.2 Å². The third-order valence-electron chi connectivity index (χ3n) is 4.31. The topological polar surface area (TPSA) is 47.8 Å². The Bertz CT molecular complexity index is 729. The summed E-state index contributed by atoms with van der Waals surface area (Å²) in [4.78, 5) is 5.79. The van der Waals surface area contributed by atoms with Crippen molar-refractivity contribution in [3.63, 3.8) is 0 Å². The molecule has 0 aliphatic carbocycles. The summed E-state index contributed by atoms with van der Waals surface area (Å²) in [7, 11) is 0. The van der Waals surface area contributed by atoms with Crippen LogP contribution in [0.1, 0.15) is 37.8 Å². The van der Waals surface area contributed by atoms with Crippen LogP contribution in [0.5, 0.6) is 0 Å². The maximum atomic E-state index is 9.10. The van der Waals surface area contributed by atoms with Gasteiger partial charge in [0.15, 0.2) is 4.77 Å². The van der Waals surface area contributed by atoms with E-state index in [0.29, 0.717) is 11.6 Å². The molecule has 0 radical (unpaired) electrons. The fourth-order valence-corrected chi connectivity index (χ4v) is 3.63. The minimum absolute atomic E-state index is 0.438. The van der Waals surface area contributed by atoms with Crippen molar-refractivity contribution >= 4 is 23.3 Å². The number of rotatable bonds is 3. The number of hydrogen-bond donors (Lipinski definition) is 1. The fourth-order valence-electron chi connectivity index (χ4n) is 3.27. The molecule has 3 rings (SSSR count). The number of H-pyrrole nitrogens is 1. The summed E-state index contributed by atoms with van der Waals surface area (Å²) in [5.74, 6) is 0. The number of nitrogens with one attached hydrogen (secondary N) is 1. The molecule has 1 fully saturated rings. The highest BCUT2D eigenvalue weighted by molar-refractivity contribution is 7.71. The van der Waals surface area contributed by atoms with Gasteiger partial charge in [-0.3, -0.25) is 0 Å². The molecule has 0 saturated carbocycles. The molecule has 1 aliphatic heterocycles. The number of aromatic amines is 1. The molecule has 1 N–H and O–H groups in total. The van der Waals surface area contributed by atoms with Gasteiger partial charge in [0.25, 0.3) is 0 Å². The van der Waals surface area contributed by atoms with E-state index in [4.69, 9.17) is 17.5 Å². The molecule has 0 unspecified atom stereocenters. The van der Waals surface area contributed by atoms with Crippen LogP contribution < -0.4 is 0 Å². The summed E-state index contributed by atoms with van der Waals surface area (Å²) in [6.45, 7) is 5.67. The summed E-state index contributed by atoms with van der Waals surface area (Å²) < 4.78 is 2.99. The molecule has 1 saturated heterocycles. The lowest BCUT2D eigenvalue weighted by atomic mass is 10.0. The molecule has 0 bridgehead atoms. The van der Waals surface area contributed by atoms with Crippen molar-refractivity contribution in [3.05, 3.63) is 28.5 Å². The smallest absolute Gasteiger partial charge is 0.178 e. The zero-order valence-corrected chi connectivity index (χ0v) is 13.1.